The number of hydrogen-bond acceptors (Lipinski definition) is 4. The fourth-order valence-corrected chi connectivity index (χ4v) is 3.95. The van der Waals surface area contributed by atoms with Gasteiger partial charge in [-0.3, -0.25) is 4.99 Å². The summed E-state index contributed by atoms with van der Waals surface area (Å²) >= 11 is 0. The van der Waals surface area contributed by atoms with Gasteiger partial charge in [0, 0.05) is 50.4 Å². The van der Waals surface area contributed by atoms with Gasteiger partial charge in [-0.05, 0) is 39.3 Å². The van der Waals surface area contributed by atoms with Crippen molar-refractivity contribution in [2.24, 2.45) is 10.4 Å². The number of pyridine rings is 1. The van der Waals surface area contributed by atoms with Gasteiger partial charge in [-0.25, -0.2) is 4.98 Å². The van der Waals surface area contributed by atoms with Crippen LogP contribution in [0.5, 0.6) is 0 Å². The van der Waals surface area contributed by atoms with E-state index in [2.05, 4.69) is 78.8 Å². The van der Waals surface area contributed by atoms with E-state index < -0.39 is 0 Å². The Morgan fingerprint density at radius 1 is 1.21 bits per heavy atom. The standard InChI is InChI=1S/C21H35N5O.HI/c1-15-12-25(13-16(2)27-15)18-9-8-17(10-23-18)11-24-19(22-7)26-14-20(3,4)21(26,5)6;/h8-10,15-16H,11-14H2,1-7H3,(H,22,24);1H. The number of guanidine groups is 1. The van der Waals surface area contributed by atoms with Crippen molar-refractivity contribution in [2.45, 2.75) is 65.8 Å². The first kappa shape index (κ1) is 23.2. The molecule has 1 N–H and O–H groups in total. The number of nitrogens with zero attached hydrogens (tertiary/aromatic N) is 4. The molecule has 0 aromatic carbocycles. The molecule has 0 aliphatic carbocycles. The monoisotopic (exact) mass is 501 g/mol. The van der Waals surface area contributed by atoms with Crippen LogP contribution in [0.25, 0.3) is 0 Å². The second-order valence-corrected chi connectivity index (χ2v) is 9.12. The number of ether oxygens (including phenoxy) is 1. The van der Waals surface area contributed by atoms with Crippen molar-refractivity contribution in [1.29, 1.82) is 0 Å². The van der Waals surface area contributed by atoms with Gasteiger partial charge in [-0.15, -0.1) is 24.0 Å². The molecule has 1 aromatic heterocycles. The zero-order valence-corrected chi connectivity index (χ0v) is 20.7. The van der Waals surface area contributed by atoms with Crippen LogP contribution < -0.4 is 10.2 Å². The van der Waals surface area contributed by atoms with Crippen molar-refractivity contribution in [3.8, 4) is 0 Å². The lowest BCUT2D eigenvalue weighted by molar-refractivity contribution is -0.0667. The second kappa shape index (κ2) is 8.73. The molecule has 0 bridgehead atoms. The number of aromatic nitrogens is 1. The summed E-state index contributed by atoms with van der Waals surface area (Å²) in [6.07, 6.45) is 2.44. The Morgan fingerprint density at radius 3 is 2.32 bits per heavy atom. The first-order valence-electron chi connectivity index (χ1n) is 9.97. The van der Waals surface area contributed by atoms with Gasteiger partial charge in [0.2, 0.25) is 0 Å². The zero-order chi connectivity index (χ0) is 19.8. The lowest BCUT2D eigenvalue weighted by atomic mass is 9.65. The number of morpholine rings is 1. The Bertz CT molecular complexity index is 679. The third-order valence-electron chi connectivity index (χ3n) is 6.36. The summed E-state index contributed by atoms with van der Waals surface area (Å²) in [4.78, 5) is 13.8. The van der Waals surface area contributed by atoms with Crippen LogP contribution in [0, 0.1) is 5.41 Å². The molecule has 158 valence electrons. The Balaban J connectivity index is 0.00000280. The molecule has 2 fully saturated rings. The van der Waals surface area contributed by atoms with Crippen LogP contribution in [-0.2, 0) is 11.3 Å². The number of nitrogens with one attached hydrogen (secondary N) is 1. The van der Waals surface area contributed by atoms with Crippen LogP contribution in [0.15, 0.2) is 23.3 Å². The van der Waals surface area contributed by atoms with Crippen molar-refractivity contribution in [3.05, 3.63) is 23.9 Å². The molecule has 0 spiro atoms. The fourth-order valence-electron chi connectivity index (χ4n) is 3.95. The number of rotatable bonds is 3. The molecular weight excluding hydrogens is 465 g/mol. The van der Waals surface area contributed by atoms with E-state index in [1.165, 1.54) is 0 Å². The van der Waals surface area contributed by atoms with E-state index in [4.69, 9.17) is 4.74 Å². The molecule has 6 nitrogen and oxygen atoms in total. The van der Waals surface area contributed by atoms with Gasteiger partial charge in [0.1, 0.15) is 5.82 Å². The Hall–Kier alpha value is -1.09. The van der Waals surface area contributed by atoms with Crippen LogP contribution in [0.2, 0.25) is 0 Å². The van der Waals surface area contributed by atoms with Crippen LogP contribution in [0.3, 0.4) is 0 Å². The number of halogens is 1. The summed E-state index contributed by atoms with van der Waals surface area (Å²) in [6.45, 7) is 16.9. The molecule has 3 rings (SSSR count). The van der Waals surface area contributed by atoms with E-state index in [0.29, 0.717) is 5.41 Å². The summed E-state index contributed by atoms with van der Waals surface area (Å²) < 4.78 is 5.81. The van der Waals surface area contributed by atoms with E-state index in [0.717, 1.165) is 43.5 Å². The molecule has 2 aliphatic heterocycles. The highest BCUT2D eigenvalue weighted by Crippen LogP contribution is 2.46. The number of hydrogen-bond donors (Lipinski definition) is 1. The summed E-state index contributed by atoms with van der Waals surface area (Å²) in [5.41, 5.74) is 1.55. The molecule has 0 saturated carbocycles. The highest BCUT2D eigenvalue weighted by Gasteiger charge is 2.53. The predicted octanol–water partition coefficient (Wildman–Crippen LogP) is 3.51. The maximum atomic E-state index is 5.81. The predicted molar refractivity (Wildman–Crippen MR) is 127 cm³/mol. The Morgan fingerprint density at radius 2 is 1.86 bits per heavy atom. The highest BCUT2D eigenvalue weighted by molar-refractivity contribution is 14.0. The van der Waals surface area contributed by atoms with Gasteiger partial charge in [0.15, 0.2) is 5.96 Å². The lowest BCUT2D eigenvalue weighted by Crippen LogP contribution is -2.72. The fraction of sp³-hybridized carbons (Fsp3) is 0.714. The topological polar surface area (TPSA) is 53.0 Å². The number of anilines is 1. The maximum absolute atomic E-state index is 5.81. The third-order valence-corrected chi connectivity index (χ3v) is 6.36. The van der Waals surface area contributed by atoms with Crippen molar-refractivity contribution in [3.63, 3.8) is 0 Å². The van der Waals surface area contributed by atoms with Gasteiger partial charge >= 0.3 is 0 Å². The largest absolute Gasteiger partial charge is 0.372 e. The maximum Gasteiger partial charge on any atom is 0.194 e. The molecule has 0 radical (unpaired) electrons. The Labute approximate surface area is 187 Å². The van der Waals surface area contributed by atoms with E-state index in [1.54, 1.807) is 0 Å². The van der Waals surface area contributed by atoms with Crippen LogP contribution in [0.1, 0.15) is 47.1 Å². The zero-order valence-electron chi connectivity index (χ0n) is 18.3. The van der Waals surface area contributed by atoms with E-state index in [9.17, 15) is 0 Å². The molecule has 1 aromatic rings. The molecule has 3 heterocycles. The van der Waals surface area contributed by atoms with E-state index >= 15 is 0 Å². The molecule has 2 atom stereocenters. The second-order valence-electron chi connectivity index (χ2n) is 9.12. The number of aliphatic imine (C=N–C) groups is 1. The average molecular weight is 501 g/mol. The third kappa shape index (κ3) is 4.56. The normalized spacial score (nSPS) is 26.3. The van der Waals surface area contributed by atoms with Crippen molar-refractivity contribution >= 4 is 35.8 Å². The molecular formula is C21H36IN5O. The minimum absolute atomic E-state index is 0. The quantitative estimate of drug-likeness (QED) is 0.391. The SMILES string of the molecule is CN=C(NCc1ccc(N2CC(C)OC(C)C2)nc1)N1CC(C)(C)C1(C)C.I. The van der Waals surface area contributed by atoms with Crippen LogP contribution >= 0.6 is 24.0 Å². The minimum Gasteiger partial charge on any atom is -0.372 e. The van der Waals surface area contributed by atoms with Gasteiger partial charge in [0.25, 0.3) is 0 Å². The summed E-state index contributed by atoms with van der Waals surface area (Å²) in [7, 11) is 1.85. The highest BCUT2D eigenvalue weighted by atomic mass is 127. The molecule has 2 saturated heterocycles. The van der Waals surface area contributed by atoms with Gasteiger partial charge in [0.05, 0.1) is 12.2 Å². The first-order chi connectivity index (χ1) is 12.6. The van der Waals surface area contributed by atoms with Crippen LogP contribution in [0.4, 0.5) is 5.82 Å². The van der Waals surface area contributed by atoms with Crippen molar-refractivity contribution < 1.29 is 4.74 Å². The molecule has 28 heavy (non-hydrogen) atoms. The average Bonchev–Trinajstić information content (AvgIpc) is 2.61. The minimum atomic E-state index is 0. The van der Waals surface area contributed by atoms with Crippen molar-refractivity contribution in [1.82, 2.24) is 15.2 Å². The molecule has 2 unspecified atom stereocenters. The van der Waals surface area contributed by atoms with Crippen LogP contribution in [-0.4, -0.2) is 60.3 Å². The lowest BCUT2D eigenvalue weighted by Gasteiger charge is -2.62. The van der Waals surface area contributed by atoms with E-state index in [-0.39, 0.29) is 41.7 Å². The van der Waals surface area contributed by atoms with Crippen molar-refractivity contribution in [2.75, 3.05) is 31.6 Å². The van der Waals surface area contributed by atoms with E-state index in [1.807, 2.05) is 13.2 Å². The summed E-state index contributed by atoms with van der Waals surface area (Å²) in [5, 5.41) is 3.50. The first-order valence-corrected chi connectivity index (χ1v) is 9.97. The summed E-state index contributed by atoms with van der Waals surface area (Å²) in [5.74, 6) is 1.98. The smallest absolute Gasteiger partial charge is 0.194 e. The van der Waals surface area contributed by atoms with Gasteiger partial charge < -0.3 is 19.9 Å². The summed E-state index contributed by atoms with van der Waals surface area (Å²) in [6, 6.07) is 4.26. The van der Waals surface area contributed by atoms with Gasteiger partial charge in [-0.2, -0.15) is 0 Å². The molecule has 2 aliphatic rings. The molecule has 0 amide bonds. The Kier molecular flexibility index (Phi) is 7.23. The molecule has 7 heteroatoms. The number of likely N-dealkylation sites (tertiary alicyclic amines) is 1. The van der Waals surface area contributed by atoms with Gasteiger partial charge in [-0.1, -0.05) is 19.9 Å².